The Labute approximate surface area is 222 Å². The fourth-order valence-corrected chi connectivity index (χ4v) is 5.68. The molecule has 0 saturated carbocycles. The molecule has 1 heterocycles. The number of aryl methyl sites for hydroxylation is 1. The van der Waals surface area contributed by atoms with Gasteiger partial charge in [0.05, 0.1) is 17.1 Å². The monoisotopic (exact) mass is 563 g/mol. The Balaban J connectivity index is 1.78. The van der Waals surface area contributed by atoms with Crippen molar-refractivity contribution in [3.63, 3.8) is 0 Å². The minimum Gasteiger partial charge on any atom is -0.460 e. The van der Waals surface area contributed by atoms with E-state index in [9.17, 15) is 30.8 Å². The highest BCUT2D eigenvalue weighted by Crippen LogP contribution is 2.35. The first-order chi connectivity index (χ1) is 18.4. The number of ether oxygens (including phenoxy) is 1. The highest BCUT2D eigenvalue weighted by Gasteiger charge is 2.36. The molecule has 1 aromatic heterocycles. The van der Waals surface area contributed by atoms with Crippen molar-refractivity contribution in [1.82, 2.24) is 4.31 Å². The average molecular weight is 564 g/mol. The summed E-state index contributed by atoms with van der Waals surface area (Å²) in [5, 5.41) is 0.323. The SMILES string of the molecule is CCOC(=O)c1oc2ccc(S(=O)(=O)N(CCc3ccccc3)Cc3c(F)cccc3C(F)(F)F)cc2c1C. The molecule has 0 amide bonds. The number of carbonyl (C=O) groups excluding carboxylic acids is 1. The van der Waals surface area contributed by atoms with Crippen LogP contribution in [0.2, 0.25) is 0 Å². The van der Waals surface area contributed by atoms with Gasteiger partial charge >= 0.3 is 12.1 Å². The van der Waals surface area contributed by atoms with Crippen LogP contribution in [0.5, 0.6) is 0 Å². The predicted molar refractivity (Wildman–Crippen MR) is 136 cm³/mol. The Morgan fingerprint density at radius 1 is 1.03 bits per heavy atom. The molecule has 206 valence electrons. The van der Waals surface area contributed by atoms with E-state index in [4.69, 9.17) is 9.15 Å². The second-order valence-corrected chi connectivity index (χ2v) is 10.7. The third-order valence-electron chi connectivity index (χ3n) is 6.26. The van der Waals surface area contributed by atoms with Gasteiger partial charge in [0, 0.05) is 29.6 Å². The molecule has 4 rings (SSSR count). The number of nitrogens with zero attached hydrogens (tertiary/aromatic N) is 1. The lowest BCUT2D eigenvalue weighted by Crippen LogP contribution is -2.33. The van der Waals surface area contributed by atoms with E-state index in [0.717, 1.165) is 28.1 Å². The van der Waals surface area contributed by atoms with Crippen LogP contribution in [0.25, 0.3) is 11.0 Å². The van der Waals surface area contributed by atoms with Crippen LogP contribution in [0.1, 0.15) is 39.7 Å². The van der Waals surface area contributed by atoms with Gasteiger partial charge in [0.25, 0.3) is 0 Å². The number of benzene rings is 3. The Bertz CT molecular complexity index is 1600. The highest BCUT2D eigenvalue weighted by atomic mass is 32.2. The molecular weight excluding hydrogens is 538 g/mol. The zero-order chi connectivity index (χ0) is 28.4. The highest BCUT2D eigenvalue weighted by molar-refractivity contribution is 7.89. The van der Waals surface area contributed by atoms with Crippen LogP contribution < -0.4 is 0 Å². The smallest absolute Gasteiger partial charge is 0.416 e. The van der Waals surface area contributed by atoms with Crippen LogP contribution >= 0.6 is 0 Å². The maximum atomic E-state index is 14.7. The molecular formula is C28H25F4NO5S. The molecule has 0 aliphatic heterocycles. The number of fused-ring (bicyclic) bond motifs is 1. The summed E-state index contributed by atoms with van der Waals surface area (Å²) >= 11 is 0. The van der Waals surface area contributed by atoms with Crippen molar-refractivity contribution in [2.75, 3.05) is 13.2 Å². The van der Waals surface area contributed by atoms with Gasteiger partial charge in [0.2, 0.25) is 15.8 Å². The van der Waals surface area contributed by atoms with Crippen molar-refractivity contribution in [3.05, 3.63) is 101 Å². The zero-order valence-electron chi connectivity index (χ0n) is 21.1. The number of halogens is 4. The van der Waals surface area contributed by atoms with Gasteiger partial charge in [-0.3, -0.25) is 0 Å². The second kappa shape index (κ2) is 11.2. The number of carbonyl (C=O) groups is 1. The van der Waals surface area contributed by atoms with Gasteiger partial charge in [-0.05, 0) is 56.2 Å². The van der Waals surface area contributed by atoms with E-state index in [0.29, 0.717) is 10.9 Å². The number of hydrogen-bond acceptors (Lipinski definition) is 5. The van der Waals surface area contributed by atoms with E-state index in [2.05, 4.69) is 0 Å². The number of rotatable bonds is 9. The first-order valence-electron chi connectivity index (χ1n) is 12.0. The van der Waals surface area contributed by atoms with Gasteiger partial charge in [-0.1, -0.05) is 36.4 Å². The topological polar surface area (TPSA) is 76.8 Å². The summed E-state index contributed by atoms with van der Waals surface area (Å²) < 4.78 is 94.9. The molecule has 3 aromatic carbocycles. The fraction of sp³-hybridized carbons (Fsp3) is 0.250. The van der Waals surface area contributed by atoms with E-state index < -0.39 is 45.7 Å². The molecule has 0 saturated heterocycles. The lowest BCUT2D eigenvalue weighted by atomic mass is 10.1. The van der Waals surface area contributed by atoms with Crippen LogP contribution in [0, 0.1) is 12.7 Å². The lowest BCUT2D eigenvalue weighted by molar-refractivity contribution is -0.138. The Morgan fingerprint density at radius 2 is 1.74 bits per heavy atom. The molecule has 11 heteroatoms. The molecule has 0 fully saturated rings. The number of sulfonamides is 1. The summed E-state index contributed by atoms with van der Waals surface area (Å²) in [5.41, 5.74) is -0.680. The molecule has 0 radical (unpaired) electrons. The summed E-state index contributed by atoms with van der Waals surface area (Å²) in [6.07, 6.45) is -4.71. The fourth-order valence-electron chi connectivity index (χ4n) is 4.24. The standard InChI is InChI=1S/C28H25F4NO5S/c1-3-37-27(34)26-18(2)21-16-20(12-13-25(21)38-26)39(35,36)33(15-14-19-8-5-4-6-9-19)17-22-23(28(30,31)32)10-7-11-24(22)29/h4-13,16H,3,14-15,17H2,1-2H3. The van der Waals surface area contributed by atoms with Gasteiger partial charge in [-0.15, -0.1) is 0 Å². The van der Waals surface area contributed by atoms with Crippen molar-refractivity contribution < 1.29 is 39.9 Å². The van der Waals surface area contributed by atoms with Gasteiger partial charge in [-0.2, -0.15) is 17.5 Å². The normalized spacial score (nSPS) is 12.3. The summed E-state index contributed by atoms with van der Waals surface area (Å²) in [6.45, 7) is 2.25. The Hall–Kier alpha value is -3.70. The number of furan rings is 1. The largest absolute Gasteiger partial charge is 0.460 e. The van der Waals surface area contributed by atoms with E-state index in [1.54, 1.807) is 44.2 Å². The van der Waals surface area contributed by atoms with Crippen LogP contribution in [-0.2, 0) is 33.9 Å². The van der Waals surface area contributed by atoms with E-state index in [1.807, 2.05) is 0 Å². The summed E-state index contributed by atoms with van der Waals surface area (Å²) in [5.74, 6) is -1.95. The van der Waals surface area contributed by atoms with Crippen LogP contribution in [0.3, 0.4) is 0 Å². The molecule has 0 aliphatic carbocycles. The molecule has 0 N–H and O–H groups in total. The van der Waals surface area contributed by atoms with Crippen molar-refractivity contribution >= 4 is 27.0 Å². The maximum absolute atomic E-state index is 14.7. The lowest BCUT2D eigenvalue weighted by Gasteiger charge is -2.24. The Morgan fingerprint density at radius 3 is 2.41 bits per heavy atom. The molecule has 6 nitrogen and oxygen atoms in total. The van der Waals surface area contributed by atoms with Crippen molar-refractivity contribution in [3.8, 4) is 0 Å². The second-order valence-electron chi connectivity index (χ2n) is 8.77. The van der Waals surface area contributed by atoms with Gasteiger partial charge in [0.1, 0.15) is 11.4 Å². The molecule has 0 spiro atoms. The summed E-state index contributed by atoms with van der Waals surface area (Å²) in [6, 6.07) is 15.2. The molecule has 0 atom stereocenters. The van der Waals surface area contributed by atoms with Crippen molar-refractivity contribution in [2.24, 2.45) is 0 Å². The van der Waals surface area contributed by atoms with E-state index in [1.165, 1.54) is 18.2 Å². The third-order valence-corrected chi connectivity index (χ3v) is 8.10. The van der Waals surface area contributed by atoms with Gasteiger partial charge < -0.3 is 9.15 Å². The van der Waals surface area contributed by atoms with Crippen LogP contribution in [0.4, 0.5) is 17.6 Å². The number of hydrogen-bond donors (Lipinski definition) is 0. The molecule has 0 bridgehead atoms. The molecule has 0 unspecified atom stereocenters. The van der Waals surface area contributed by atoms with Gasteiger partial charge in [-0.25, -0.2) is 17.6 Å². The molecule has 0 aliphatic rings. The first kappa shape index (κ1) is 28.3. The maximum Gasteiger partial charge on any atom is 0.416 e. The number of esters is 1. The zero-order valence-corrected chi connectivity index (χ0v) is 21.9. The third kappa shape index (κ3) is 5.99. The molecule has 4 aromatic rings. The van der Waals surface area contributed by atoms with E-state index in [-0.39, 0.29) is 35.8 Å². The predicted octanol–water partition coefficient (Wildman–Crippen LogP) is 6.51. The average Bonchev–Trinajstić information content (AvgIpc) is 3.23. The van der Waals surface area contributed by atoms with Crippen molar-refractivity contribution in [1.29, 1.82) is 0 Å². The van der Waals surface area contributed by atoms with Crippen LogP contribution in [-0.4, -0.2) is 31.8 Å². The van der Waals surface area contributed by atoms with Crippen molar-refractivity contribution in [2.45, 2.75) is 37.9 Å². The minimum absolute atomic E-state index is 0.0801. The van der Waals surface area contributed by atoms with Crippen LogP contribution in [0.15, 0.2) is 76.0 Å². The summed E-state index contributed by atoms with van der Waals surface area (Å²) in [7, 11) is -4.44. The first-order valence-corrected chi connectivity index (χ1v) is 13.5. The quantitative estimate of drug-likeness (QED) is 0.171. The summed E-state index contributed by atoms with van der Waals surface area (Å²) in [4.78, 5) is 12.0. The van der Waals surface area contributed by atoms with E-state index >= 15 is 0 Å². The Kier molecular flexibility index (Phi) is 8.12. The number of alkyl halides is 3. The van der Waals surface area contributed by atoms with Gasteiger partial charge in [0.15, 0.2) is 0 Å². The minimum atomic E-state index is -4.89. The molecule has 39 heavy (non-hydrogen) atoms.